The van der Waals surface area contributed by atoms with Gasteiger partial charge in [0.2, 0.25) is 17.7 Å². The lowest BCUT2D eigenvalue weighted by Gasteiger charge is -2.35. The van der Waals surface area contributed by atoms with E-state index in [0.29, 0.717) is 29.6 Å². The molecule has 3 aliphatic rings. The van der Waals surface area contributed by atoms with E-state index in [9.17, 15) is 14.4 Å². The smallest absolute Gasteiger partial charge is 0.408 e. The van der Waals surface area contributed by atoms with Gasteiger partial charge < -0.3 is 24.4 Å². The van der Waals surface area contributed by atoms with E-state index in [-0.39, 0.29) is 49.1 Å². The summed E-state index contributed by atoms with van der Waals surface area (Å²) in [7, 11) is 1.53. The van der Waals surface area contributed by atoms with E-state index < -0.39 is 60.0 Å². The fourth-order valence-corrected chi connectivity index (χ4v) is 6.41. The van der Waals surface area contributed by atoms with Crippen molar-refractivity contribution in [1.82, 2.24) is 20.2 Å². The van der Waals surface area contributed by atoms with Crippen LogP contribution in [0.3, 0.4) is 0 Å². The minimum absolute atomic E-state index is 0.0447. The average Bonchev–Trinajstić information content (AvgIpc) is 3.59. The highest BCUT2D eigenvalue weighted by Gasteiger charge is 2.51. The number of ketones is 1. The number of carbonyl (C=O) groups is 3. The van der Waals surface area contributed by atoms with Crippen LogP contribution in [0.1, 0.15) is 72.4 Å². The lowest BCUT2D eigenvalue weighted by molar-refractivity contribution is -0.141. The molecule has 10 nitrogen and oxygen atoms in total. The molecular weight excluding hydrogens is 574 g/mol. The summed E-state index contributed by atoms with van der Waals surface area (Å²) in [5.41, 5.74) is 0.543. The van der Waals surface area contributed by atoms with Gasteiger partial charge >= 0.3 is 6.09 Å². The monoisotopic (exact) mass is 616 g/mol. The number of fused-ring (bicyclic) bond motifs is 5. The number of amides is 2. The molecule has 2 bridgehead atoms. The molecule has 6 atom stereocenters. The highest BCUT2D eigenvalue weighted by atomic mass is 19.3. The molecular formula is C32H42F2N4O6. The Balaban J connectivity index is 1.57. The second kappa shape index (κ2) is 12.1. The third kappa shape index (κ3) is 6.73. The Kier molecular flexibility index (Phi) is 8.74. The first kappa shape index (κ1) is 31.8. The molecule has 1 N–H and O–H groups in total. The summed E-state index contributed by atoms with van der Waals surface area (Å²) in [6, 6.07) is 3.32. The predicted octanol–water partition coefficient (Wildman–Crippen LogP) is 5.10. The van der Waals surface area contributed by atoms with Gasteiger partial charge in [0.15, 0.2) is 5.78 Å². The van der Waals surface area contributed by atoms with E-state index in [4.69, 9.17) is 14.2 Å². The fourth-order valence-electron chi connectivity index (χ4n) is 6.41. The van der Waals surface area contributed by atoms with Gasteiger partial charge in [-0.05, 0) is 49.7 Å². The number of halogens is 2. The maximum atomic E-state index is 15.1. The molecule has 2 amide bonds. The first-order valence-electron chi connectivity index (χ1n) is 15.4. The number of hydrogen-bond acceptors (Lipinski definition) is 8. The Bertz CT molecular complexity index is 1430. The summed E-state index contributed by atoms with van der Waals surface area (Å²) in [4.78, 5) is 50.9. The number of Topliss-reactive ketones (excluding diaryl/α,β-unsaturated/α-hetero) is 1. The van der Waals surface area contributed by atoms with Crippen LogP contribution in [0.2, 0.25) is 0 Å². The van der Waals surface area contributed by atoms with E-state index in [1.807, 2.05) is 27.7 Å². The lowest BCUT2D eigenvalue weighted by Crippen LogP contribution is -2.57. The van der Waals surface area contributed by atoms with Crippen LogP contribution in [-0.4, -0.2) is 76.5 Å². The van der Waals surface area contributed by atoms with Gasteiger partial charge in [-0.3, -0.25) is 9.59 Å². The quantitative estimate of drug-likeness (QED) is 0.506. The number of nitrogens with zero attached hydrogens (tertiary/aromatic N) is 3. The first-order valence-corrected chi connectivity index (χ1v) is 15.4. The van der Waals surface area contributed by atoms with Crippen LogP contribution in [0.25, 0.3) is 11.0 Å². The largest absolute Gasteiger partial charge is 0.497 e. The minimum atomic E-state index is -2.98. The summed E-state index contributed by atoms with van der Waals surface area (Å²) in [6.45, 7) is 8.84. The molecule has 1 aromatic heterocycles. The van der Waals surface area contributed by atoms with Crippen LogP contribution in [0.5, 0.6) is 11.6 Å². The lowest BCUT2D eigenvalue weighted by atomic mass is 9.85. The highest BCUT2D eigenvalue weighted by molar-refractivity contribution is 5.92. The second-order valence-electron chi connectivity index (χ2n) is 13.4. The number of benzene rings is 1. The van der Waals surface area contributed by atoms with E-state index in [1.54, 1.807) is 18.2 Å². The molecule has 12 heteroatoms. The zero-order chi connectivity index (χ0) is 32.0. The Morgan fingerprint density at radius 3 is 2.55 bits per heavy atom. The summed E-state index contributed by atoms with van der Waals surface area (Å²) in [5.74, 6) is -3.54. The Hall–Kier alpha value is -3.57. The number of methoxy groups -OCH3 is 1. The van der Waals surface area contributed by atoms with Gasteiger partial charge in [-0.25, -0.2) is 23.5 Å². The second-order valence-corrected chi connectivity index (χ2v) is 13.4. The molecule has 0 spiro atoms. The van der Waals surface area contributed by atoms with Crippen molar-refractivity contribution in [3.63, 3.8) is 0 Å². The van der Waals surface area contributed by atoms with Crippen LogP contribution in [0.4, 0.5) is 13.6 Å². The number of alkyl carbamates (subject to hydrolysis) is 1. The third-order valence-electron chi connectivity index (χ3n) is 9.04. The molecule has 240 valence electrons. The van der Waals surface area contributed by atoms with Crippen LogP contribution in [0, 0.1) is 17.3 Å². The van der Waals surface area contributed by atoms with Crippen LogP contribution >= 0.6 is 0 Å². The number of alkyl halides is 2. The van der Waals surface area contributed by atoms with E-state index >= 15 is 8.78 Å². The van der Waals surface area contributed by atoms with Gasteiger partial charge in [0.25, 0.3) is 0 Å². The molecule has 1 saturated carbocycles. The number of carbonyl (C=O) groups excluding carboxylic acids is 3. The van der Waals surface area contributed by atoms with Crippen molar-refractivity contribution >= 4 is 28.8 Å². The molecule has 1 aromatic carbocycles. The molecule has 2 aromatic rings. The summed E-state index contributed by atoms with van der Waals surface area (Å²) < 4.78 is 47.6. The number of ether oxygens (including phenoxy) is 3. The zero-order valence-corrected chi connectivity index (χ0v) is 26.2. The van der Waals surface area contributed by atoms with Crippen LogP contribution in [-0.2, 0) is 20.7 Å². The van der Waals surface area contributed by atoms with Gasteiger partial charge in [-0.2, -0.15) is 0 Å². The Morgan fingerprint density at radius 1 is 1.14 bits per heavy atom. The number of aryl methyl sites for hydroxylation is 1. The number of hydrogen-bond donors (Lipinski definition) is 1. The normalized spacial score (nSPS) is 29.3. The first-order chi connectivity index (χ1) is 20.7. The van der Waals surface area contributed by atoms with Crippen molar-refractivity contribution < 1.29 is 37.4 Å². The summed E-state index contributed by atoms with van der Waals surface area (Å²) in [6.07, 6.45) is -1.63. The standard InChI is InChI=1S/C32H42F2N4O6/c1-7-20-25-16-38(26(20)17(2)39)29(40)27(31(3,4)5)37-30(41)44-24-14-18(24)10-12-32(33,34)13-11-22-28(43-25)36-23-15-19(42-6)8-9-21(23)35-22/h8-9,15,18,20,24-27H,7,10-14,16H2,1-6H3,(H,37,41)/t18-,20-,24-,25+,26-,27-/m1/s1. The Labute approximate surface area is 256 Å². The zero-order valence-electron chi connectivity index (χ0n) is 26.2. The summed E-state index contributed by atoms with van der Waals surface area (Å²) >= 11 is 0. The minimum Gasteiger partial charge on any atom is -0.497 e. The van der Waals surface area contributed by atoms with Crippen LogP contribution in [0.15, 0.2) is 18.2 Å². The molecule has 2 aliphatic heterocycles. The highest BCUT2D eigenvalue weighted by Crippen LogP contribution is 2.42. The van der Waals surface area contributed by atoms with Crippen molar-refractivity contribution in [2.24, 2.45) is 17.3 Å². The van der Waals surface area contributed by atoms with Crippen molar-refractivity contribution in [3.8, 4) is 11.6 Å². The SMILES string of the molecule is CC[C@@H]1[C@@H]2CN(C(=O)[C@H](C(C)(C)C)NC(=O)O[C@@H]3C[C@H]3CCC(F)(F)CCc3nc4ccc(OC)cc4nc3O2)[C@@H]1C(C)=O. The molecule has 2 fully saturated rings. The van der Waals surface area contributed by atoms with E-state index in [2.05, 4.69) is 15.3 Å². The van der Waals surface area contributed by atoms with Gasteiger partial charge in [-0.1, -0.05) is 27.7 Å². The number of nitrogens with one attached hydrogen (secondary N) is 1. The molecule has 1 saturated heterocycles. The third-order valence-corrected chi connectivity index (χ3v) is 9.04. The summed E-state index contributed by atoms with van der Waals surface area (Å²) in [5, 5.41) is 2.72. The topological polar surface area (TPSA) is 120 Å². The molecule has 44 heavy (non-hydrogen) atoms. The average molecular weight is 617 g/mol. The van der Waals surface area contributed by atoms with Crippen molar-refractivity contribution in [1.29, 1.82) is 0 Å². The Morgan fingerprint density at radius 2 is 1.89 bits per heavy atom. The maximum Gasteiger partial charge on any atom is 0.408 e. The predicted molar refractivity (Wildman–Crippen MR) is 158 cm³/mol. The maximum absolute atomic E-state index is 15.1. The van der Waals surface area contributed by atoms with Gasteiger partial charge in [0.05, 0.1) is 30.7 Å². The molecule has 3 heterocycles. The van der Waals surface area contributed by atoms with Gasteiger partial charge in [0.1, 0.15) is 29.7 Å². The fraction of sp³-hybridized carbons (Fsp3) is 0.656. The van der Waals surface area contributed by atoms with E-state index in [0.717, 1.165) is 0 Å². The van der Waals surface area contributed by atoms with Crippen molar-refractivity contribution in [2.45, 2.75) is 103 Å². The van der Waals surface area contributed by atoms with Crippen LogP contribution < -0.4 is 14.8 Å². The molecule has 1 aliphatic carbocycles. The van der Waals surface area contributed by atoms with E-state index in [1.165, 1.54) is 18.9 Å². The molecule has 0 radical (unpaired) electrons. The van der Waals surface area contributed by atoms with Gasteiger partial charge in [0, 0.05) is 31.2 Å². The number of aromatic nitrogens is 2. The number of rotatable bonds is 3. The van der Waals surface area contributed by atoms with Crippen molar-refractivity contribution in [3.05, 3.63) is 23.9 Å². The molecule has 5 rings (SSSR count). The van der Waals surface area contributed by atoms with Crippen molar-refractivity contribution in [2.75, 3.05) is 13.7 Å². The molecule has 0 unspecified atom stereocenters. The van der Waals surface area contributed by atoms with Gasteiger partial charge in [-0.15, -0.1) is 0 Å².